The minimum Gasteiger partial charge on any atom is -0.739 e. The van der Waals surface area contributed by atoms with E-state index in [-0.39, 0.29) is 109 Å². The molecule has 0 spiro atoms. The third-order valence-electron chi connectivity index (χ3n) is 8.27. The molecule has 1 saturated heterocycles. The zero-order valence-corrected chi connectivity index (χ0v) is 40.6. The average molecular weight is 949 g/mol. The number of hydrogen-bond acceptors (Lipinski definition) is 10. The van der Waals surface area contributed by atoms with Crippen LogP contribution < -0.4 is 56.7 Å². The molecular weight excluding hydrogens is 888 g/mol. The molecule has 0 atom stereocenters. The van der Waals surface area contributed by atoms with E-state index in [1.54, 1.807) is 97.1 Å². The summed E-state index contributed by atoms with van der Waals surface area (Å²) in [5.74, 6) is -0.744. The third-order valence-corrected chi connectivity index (χ3v) is 8.27. The third kappa shape index (κ3) is 25.4. The van der Waals surface area contributed by atoms with E-state index in [1.165, 1.54) is 0 Å². The molecule has 3 rings (SSSR count). The molecule has 2 aromatic carbocycles. The fraction of sp³-hybridized carbons (Fsp3) is 0.634. The zero-order valence-electron chi connectivity index (χ0n) is 36.5. The van der Waals surface area contributed by atoms with Gasteiger partial charge in [0.1, 0.15) is 5.71 Å². The number of allylic oxidation sites excluding steroid dienone is 2. The van der Waals surface area contributed by atoms with Gasteiger partial charge >= 0.3 is 80.2 Å². The predicted octanol–water partition coefficient (Wildman–Crippen LogP) is 6.58. The first kappa shape index (κ1) is 61.4. The molecule has 344 valence electrons. The SMILES string of the molecule is C1COCCOCCOCCOCCOCCO1.CC(C)c1cccc(C(C)C)c1N=C(/C=C(\[N-]c1c(C(C)C)cccc1C(C)C)C(F)(F)F)C(F)(F)F.[K+].[Ni+2].[O-]/N=[NH+]\[O-]. The number of nitrogens with one attached hydrogen (secondary N) is 1. The number of alkyl halides is 6. The second kappa shape index (κ2) is 33.8. The van der Waals surface area contributed by atoms with Gasteiger partial charge in [0.25, 0.3) is 0 Å². The number of ether oxygens (including phenoxy) is 6. The van der Waals surface area contributed by atoms with Crippen LogP contribution in [0.4, 0.5) is 37.7 Å². The van der Waals surface area contributed by atoms with Gasteiger partial charge in [-0.1, -0.05) is 109 Å². The van der Waals surface area contributed by atoms with Gasteiger partial charge in [-0.3, -0.25) is 0 Å². The number of para-hydroxylation sites is 2. The molecule has 1 aliphatic heterocycles. The van der Waals surface area contributed by atoms with E-state index in [0.717, 1.165) is 5.28 Å². The van der Waals surface area contributed by atoms with Gasteiger partial charge in [-0.25, -0.2) is 4.99 Å². The molecule has 0 saturated carbocycles. The Kier molecular flexibility index (Phi) is 34.0. The second-order valence-corrected chi connectivity index (χ2v) is 14.2. The first-order chi connectivity index (χ1) is 27.9. The monoisotopic (exact) mass is 947 g/mol. The summed E-state index contributed by atoms with van der Waals surface area (Å²) in [6.07, 6.45) is -10.2. The summed E-state index contributed by atoms with van der Waals surface area (Å²) < 4.78 is 117. The summed E-state index contributed by atoms with van der Waals surface area (Å²) in [7, 11) is 0. The van der Waals surface area contributed by atoms with E-state index in [4.69, 9.17) is 38.8 Å². The molecule has 1 N–H and O–H groups in total. The van der Waals surface area contributed by atoms with Gasteiger partial charge in [-0.05, 0) is 46.2 Å². The van der Waals surface area contributed by atoms with Crippen LogP contribution in [-0.2, 0) is 44.9 Å². The van der Waals surface area contributed by atoms with Crippen LogP contribution in [0.15, 0.2) is 58.4 Å². The van der Waals surface area contributed by atoms with E-state index in [1.807, 2.05) is 0 Å². The van der Waals surface area contributed by atoms with Crippen LogP contribution in [0.5, 0.6) is 0 Å². The molecule has 61 heavy (non-hydrogen) atoms. The summed E-state index contributed by atoms with van der Waals surface area (Å²) in [6.45, 7) is 21.4. The van der Waals surface area contributed by atoms with Crippen molar-refractivity contribution in [2.45, 2.75) is 91.4 Å². The van der Waals surface area contributed by atoms with Crippen LogP contribution in [0.2, 0.25) is 0 Å². The molecule has 0 aromatic heterocycles. The molecule has 0 bridgehead atoms. The number of benzene rings is 2. The van der Waals surface area contributed by atoms with Gasteiger partial charge in [0.2, 0.25) is 0 Å². The molecule has 0 unspecified atom stereocenters. The molecular formula is C41H60F6KN4NiO8+. The molecule has 0 aliphatic carbocycles. The molecule has 1 heterocycles. The second-order valence-electron chi connectivity index (χ2n) is 14.2. The zero-order chi connectivity index (χ0) is 44.4. The Morgan fingerprint density at radius 1 is 0.590 bits per heavy atom. The largest absolute Gasteiger partial charge is 2.00 e. The van der Waals surface area contributed by atoms with E-state index in [0.29, 0.717) is 102 Å². The number of nitrogens with zero attached hydrogens (tertiary/aromatic N) is 3. The fourth-order valence-electron chi connectivity index (χ4n) is 5.33. The normalized spacial score (nSPS) is 16.1. The van der Waals surface area contributed by atoms with Crippen molar-refractivity contribution < 1.29 is 128 Å². The van der Waals surface area contributed by atoms with E-state index in [2.05, 4.69) is 10.3 Å². The van der Waals surface area contributed by atoms with Crippen LogP contribution in [0, 0.1) is 10.4 Å². The van der Waals surface area contributed by atoms with Crippen molar-refractivity contribution in [3.05, 3.63) is 86.2 Å². The van der Waals surface area contributed by atoms with Crippen molar-refractivity contribution in [1.29, 1.82) is 0 Å². The topological polar surface area (TPSA) is 154 Å². The smallest absolute Gasteiger partial charge is 0.739 e. The van der Waals surface area contributed by atoms with Crippen LogP contribution in [0.1, 0.15) is 101 Å². The predicted molar refractivity (Wildman–Crippen MR) is 215 cm³/mol. The number of rotatable bonds is 8. The Hall–Kier alpha value is -1.68. The Bertz CT molecular complexity index is 1430. The molecule has 1 fully saturated rings. The van der Waals surface area contributed by atoms with Gasteiger partial charge in [0.05, 0.1) is 85.0 Å². The van der Waals surface area contributed by atoms with E-state index in [9.17, 15) is 26.3 Å². The van der Waals surface area contributed by atoms with Crippen LogP contribution in [0.3, 0.4) is 0 Å². The summed E-state index contributed by atoms with van der Waals surface area (Å²) >= 11 is 0. The molecule has 2 aromatic rings. The first-order valence-corrected chi connectivity index (χ1v) is 19.4. The summed E-state index contributed by atoms with van der Waals surface area (Å²) in [4.78, 5) is 3.84. The van der Waals surface area contributed by atoms with Crippen LogP contribution in [-0.4, -0.2) is 97.3 Å². The maximum atomic E-state index is 14.2. The van der Waals surface area contributed by atoms with Crippen molar-refractivity contribution in [3.63, 3.8) is 0 Å². The standard InChI is InChI=1S/C29H35F6N2.C12H24O6.K.H2N2O2.Ni/c1-16(2)20-11-9-12-21(17(3)4)26(20)36-24(28(30,31)32)15-25(29(33,34)35)37-27-22(18(5)6)13-10-14-23(27)19(7)8;1-2-14-5-6-16-9-10-18-12-11-17-8-7-15-4-3-13-1;;3-1-2-4;/h9-19H,1-8H3;1-12H2;;1H,(H-,2,3,4);/q-1;;+1;;+2/p-1/b24-15-,37-25?;;;;. The van der Waals surface area contributed by atoms with Crippen molar-refractivity contribution >= 4 is 17.1 Å². The van der Waals surface area contributed by atoms with E-state index >= 15 is 0 Å². The van der Waals surface area contributed by atoms with Gasteiger partial charge in [0, 0.05) is 0 Å². The maximum Gasteiger partial charge on any atom is 2.00 e. The van der Waals surface area contributed by atoms with Crippen molar-refractivity contribution in [2.24, 2.45) is 10.3 Å². The Labute approximate surface area is 408 Å². The average Bonchev–Trinajstić information content (AvgIpc) is 3.16. The molecule has 0 radical (unpaired) electrons. The van der Waals surface area contributed by atoms with Crippen molar-refractivity contribution in [1.82, 2.24) is 0 Å². The van der Waals surface area contributed by atoms with Gasteiger partial charge in [0.15, 0.2) is 0 Å². The molecule has 12 nitrogen and oxygen atoms in total. The van der Waals surface area contributed by atoms with Gasteiger partial charge < -0.3 is 44.2 Å². The molecule has 20 heteroatoms. The molecule has 1 aliphatic rings. The Morgan fingerprint density at radius 3 is 1.10 bits per heavy atom. The maximum absolute atomic E-state index is 14.2. The van der Waals surface area contributed by atoms with Gasteiger partial charge in [-0.2, -0.15) is 26.3 Å². The summed E-state index contributed by atoms with van der Waals surface area (Å²) in [5, 5.41) is 23.3. The minimum absolute atomic E-state index is 0. The number of halogens is 6. The van der Waals surface area contributed by atoms with Gasteiger partial charge in [-0.15, -0.1) is 11.0 Å². The van der Waals surface area contributed by atoms with E-state index < -0.39 is 23.8 Å². The number of hydrogen-bond donors (Lipinski definition) is 1. The Balaban J connectivity index is 0. The quantitative estimate of drug-likeness (QED) is 0.102. The minimum atomic E-state index is -5.14. The fourth-order valence-corrected chi connectivity index (χ4v) is 5.33. The van der Waals surface area contributed by atoms with Crippen LogP contribution in [0.25, 0.3) is 5.32 Å². The summed E-state index contributed by atoms with van der Waals surface area (Å²) in [6, 6.07) is 10.0. The van der Waals surface area contributed by atoms with Crippen molar-refractivity contribution in [3.8, 4) is 0 Å². The van der Waals surface area contributed by atoms with Crippen molar-refractivity contribution in [2.75, 3.05) is 79.3 Å². The number of aliphatic imine (C=N–C) groups is 1. The summed E-state index contributed by atoms with van der Waals surface area (Å²) in [5.41, 5.74) is -1.10. The first-order valence-electron chi connectivity index (χ1n) is 19.4. The Morgan fingerprint density at radius 2 is 0.869 bits per heavy atom. The molecule has 0 amide bonds. The van der Waals surface area contributed by atoms with Crippen LogP contribution >= 0.6 is 0 Å².